The Balaban J connectivity index is 2.40. The molecule has 2 nitrogen and oxygen atoms in total. The summed E-state index contributed by atoms with van der Waals surface area (Å²) in [6.45, 7) is 0. The highest BCUT2D eigenvalue weighted by atomic mass is 16.3. The SMILES string of the molecule is N[C@@H](O)C(c1ccccc1)c1ccccc1. The molecule has 0 unspecified atom stereocenters. The first-order valence-corrected chi connectivity index (χ1v) is 5.32. The van der Waals surface area contributed by atoms with Crippen LogP contribution in [0.25, 0.3) is 0 Å². The molecule has 0 aliphatic rings. The second-order valence-corrected chi connectivity index (χ2v) is 3.79. The van der Waals surface area contributed by atoms with Crippen LogP contribution in [-0.4, -0.2) is 11.3 Å². The van der Waals surface area contributed by atoms with Gasteiger partial charge in [-0.2, -0.15) is 0 Å². The third kappa shape index (κ3) is 2.30. The topological polar surface area (TPSA) is 46.2 Å². The van der Waals surface area contributed by atoms with E-state index in [4.69, 9.17) is 5.73 Å². The molecule has 0 aromatic heterocycles. The zero-order valence-corrected chi connectivity index (χ0v) is 8.95. The summed E-state index contributed by atoms with van der Waals surface area (Å²) in [5.41, 5.74) is 7.72. The van der Waals surface area contributed by atoms with E-state index in [1.165, 1.54) is 0 Å². The lowest BCUT2D eigenvalue weighted by molar-refractivity contribution is 0.164. The minimum Gasteiger partial charge on any atom is -0.378 e. The van der Waals surface area contributed by atoms with E-state index in [0.717, 1.165) is 11.1 Å². The van der Waals surface area contributed by atoms with Gasteiger partial charge < -0.3 is 10.8 Å². The molecule has 2 rings (SSSR count). The van der Waals surface area contributed by atoms with Crippen LogP contribution >= 0.6 is 0 Å². The molecule has 2 aromatic rings. The quantitative estimate of drug-likeness (QED) is 0.767. The Bertz CT molecular complexity index is 386. The molecule has 2 heteroatoms. The summed E-state index contributed by atoms with van der Waals surface area (Å²) in [4.78, 5) is 0. The molecule has 0 radical (unpaired) electrons. The van der Waals surface area contributed by atoms with E-state index in [9.17, 15) is 5.11 Å². The molecule has 3 N–H and O–H groups in total. The smallest absolute Gasteiger partial charge is 0.113 e. The monoisotopic (exact) mass is 213 g/mol. The van der Waals surface area contributed by atoms with Crippen molar-refractivity contribution in [3.05, 3.63) is 71.8 Å². The molecular weight excluding hydrogens is 198 g/mol. The van der Waals surface area contributed by atoms with Crippen LogP contribution in [0, 0.1) is 0 Å². The van der Waals surface area contributed by atoms with Crippen LogP contribution in [0.1, 0.15) is 17.0 Å². The molecule has 0 bridgehead atoms. The standard InChI is InChI=1S/C14H15NO/c15-14(16)13(11-7-3-1-4-8-11)12-9-5-2-6-10-12/h1-10,13-14,16H,15H2/t14-/m0/s1. The van der Waals surface area contributed by atoms with Crippen LogP contribution in [0.4, 0.5) is 0 Å². The van der Waals surface area contributed by atoms with Gasteiger partial charge in [0, 0.05) is 5.92 Å². The molecule has 1 atom stereocenters. The second kappa shape index (κ2) is 4.92. The average molecular weight is 213 g/mol. The van der Waals surface area contributed by atoms with Crippen LogP contribution < -0.4 is 5.73 Å². The van der Waals surface area contributed by atoms with Crippen molar-refractivity contribution in [2.75, 3.05) is 0 Å². The van der Waals surface area contributed by atoms with Gasteiger partial charge in [-0.15, -0.1) is 0 Å². The Morgan fingerprint density at radius 1 is 0.750 bits per heavy atom. The van der Waals surface area contributed by atoms with Gasteiger partial charge in [0.05, 0.1) is 0 Å². The molecular formula is C14H15NO. The maximum absolute atomic E-state index is 9.70. The van der Waals surface area contributed by atoms with Gasteiger partial charge in [0.25, 0.3) is 0 Å². The minimum atomic E-state index is -0.884. The van der Waals surface area contributed by atoms with Crippen molar-refractivity contribution in [3.8, 4) is 0 Å². The third-order valence-electron chi connectivity index (χ3n) is 2.66. The zero-order chi connectivity index (χ0) is 11.4. The predicted octanol–water partition coefficient (Wildman–Crippen LogP) is 2.10. The summed E-state index contributed by atoms with van der Waals surface area (Å²) in [5, 5.41) is 9.70. The summed E-state index contributed by atoms with van der Waals surface area (Å²) in [7, 11) is 0. The molecule has 2 aromatic carbocycles. The van der Waals surface area contributed by atoms with E-state index in [2.05, 4.69) is 0 Å². The molecule has 0 spiro atoms. The van der Waals surface area contributed by atoms with Gasteiger partial charge >= 0.3 is 0 Å². The summed E-state index contributed by atoms with van der Waals surface area (Å²) >= 11 is 0. The summed E-state index contributed by atoms with van der Waals surface area (Å²) in [5.74, 6) is -0.164. The van der Waals surface area contributed by atoms with Crippen molar-refractivity contribution < 1.29 is 5.11 Å². The number of hydrogen-bond acceptors (Lipinski definition) is 2. The molecule has 0 aliphatic heterocycles. The lowest BCUT2D eigenvalue weighted by Crippen LogP contribution is -2.28. The molecule has 0 saturated heterocycles. The van der Waals surface area contributed by atoms with Gasteiger partial charge in [-0.05, 0) is 11.1 Å². The lowest BCUT2D eigenvalue weighted by Gasteiger charge is -2.20. The van der Waals surface area contributed by atoms with Crippen LogP contribution in [0.3, 0.4) is 0 Å². The number of hydrogen-bond donors (Lipinski definition) is 2. The fourth-order valence-corrected chi connectivity index (χ4v) is 1.91. The van der Waals surface area contributed by atoms with Crippen LogP contribution in [0.2, 0.25) is 0 Å². The molecule has 0 heterocycles. The van der Waals surface area contributed by atoms with Crippen molar-refractivity contribution in [3.63, 3.8) is 0 Å². The lowest BCUT2D eigenvalue weighted by atomic mass is 9.90. The number of aliphatic hydroxyl groups excluding tert-OH is 1. The van der Waals surface area contributed by atoms with Gasteiger partial charge in [0.1, 0.15) is 6.23 Å². The van der Waals surface area contributed by atoms with E-state index >= 15 is 0 Å². The van der Waals surface area contributed by atoms with Crippen LogP contribution in [0.15, 0.2) is 60.7 Å². The highest BCUT2D eigenvalue weighted by Crippen LogP contribution is 2.25. The average Bonchev–Trinajstić information content (AvgIpc) is 2.31. The Labute approximate surface area is 95.4 Å². The van der Waals surface area contributed by atoms with Gasteiger partial charge in [-0.3, -0.25) is 0 Å². The maximum Gasteiger partial charge on any atom is 0.113 e. The largest absolute Gasteiger partial charge is 0.378 e. The Kier molecular flexibility index (Phi) is 3.34. The first kappa shape index (κ1) is 10.9. The van der Waals surface area contributed by atoms with Crippen molar-refractivity contribution >= 4 is 0 Å². The predicted molar refractivity (Wildman–Crippen MR) is 64.9 cm³/mol. The third-order valence-corrected chi connectivity index (χ3v) is 2.66. The fourth-order valence-electron chi connectivity index (χ4n) is 1.91. The molecule has 16 heavy (non-hydrogen) atoms. The molecule has 82 valence electrons. The first-order chi connectivity index (χ1) is 7.79. The normalized spacial score (nSPS) is 12.7. The summed E-state index contributed by atoms with van der Waals surface area (Å²) < 4.78 is 0. The number of aliphatic hydroxyl groups is 1. The van der Waals surface area contributed by atoms with Gasteiger partial charge in [0.2, 0.25) is 0 Å². The van der Waals surface area contributed by atoms with Crippen molar-refractivity contribution in [1.82, 2.24) is 0 Å². The van der Waals surface area contributed by atoms with Crippen molar-refractivity contribution in [2.45, 2.75) is 12.1 Å². The van der Waals surface area contributed by atoms with E-state index in [1.807, 2.05) is 60.7 Å². The molecule has 0 saturated carbocycles. The highest BCUT2D eigenvalue weighted by molar-refractivity contribution is 5.33. The Hall–Kier alpha value is -1.64. The number of rotatable bonds is 3. The minimum absolute atomic E-state index is 0.164. The summed E-state index contributed by atoms with van der Waals surface area (Å²) in [6, 6.07) is 19.6. The van der Waals surface area contributed by atoms with Gasteiger partial charge in [-0.1, -0.05) is 60.7 Å². The Morgan fingerprint density at radius 3 is 1.44 bits per heavy atom. The highest BCUT2D eigenvalue weighted by Gasteiger charge is 2.19. The fraction of sp³-hybridized carbons (Fsp3) is 0.143. The molecule has 0 amide bonds. The van der Waals surface area contributed by atoms with E-state index in [-0.39, 0.29) is 5.92 Å². The van der Waals surface area contributed by atoms with E-state index in [0.29, 0.717) is 0 Å². The zero-order valence-electron chi connectivity index (χ0n) is 8.95. The Morgan fingerprint density at radius 2 is 1.12 bits per heavy atom. The van der Waals surface area contributed by atoms with Crippen molar-refractivity contribution in [1.29, 1.82) is 0 Å². The second-order valence-electron chi connectivity index (χ2n) is 3.79. The van der Waals surface area contributed by atoms with E-state index < -0.39 is 6.23 Å². The first-order valence-electron chi connectivity index (χ1n) is 5.32. The maximum atomic E-state index is 9.70. The van der Waals surface area contributed by atoms with Crippen LogP contribution in [0.5, 0.6) is 0 Å². The van der Waals surface area contributed by atoms with Gasteiger partial charge in [0.15, 0.2) is 0 Å². The van der Waals surface area contributed by atoms with Crippen molar-refractivity contribution in [2.24, 2.45) is 5.73 Å². The number of benzene rings is 2. The summed E-state index contributed by atoms with van der Waals surface area (Å²) in [6.07, 6.45) is -0.884. The van der Waals surface area contributed by atoms with Gasteiger partial charge in [-0.25, -0.2) is 0 Å². The van der Waals surface area contributed by atoms with Crippen LogP contribution in [-0.2, 0) is 0 Å². The molecule has 0 fully saturated rings. The molecule has 0 aliphatic carbocycles. The van der Waals surface area contributed by atoms with E-state index in [1.54, 1.807) is 0 Å². The number of nitrogens with two attached hydrogens (primary N) is 1.